The van der Waals surface area contributed by atoms with E-state index >= 15 is 0 Å². The Kier molecular flexibility index (Phi) is 7.35. The summed E-state index contributed by atoms with van der Waals surface area (Å²) in [6, 6.07) is 5.22. The van der Waals surface area contributed by atoms with Gasteiger partial charge in [-0.15, -0.1) is 0 Å². The second-order valence-corrected chi connectivity index (χ2v) is 4.81. The van der Waals surface area contributed by atoms with Crippen LogP contribution < -0.4 is 10.6 Å². The monoisotopic (exact) mass is 306 g/mol. The van der Waals surface area contributed by atoms with Crippen molar-refractivity contribution >= 4 is 46.2 Å². The minimum Gasteiger partial charge on any atom is -0.382 e. The number of nitrogens with one attached hydrogen (secondary N) is 2. The summed E-state index contributed by atoms with van der Waals surface area (Å²) >= 11 is 17.0. The van der Waals surface area contributed by atoms with E-state index in [-0.39, 0.29) is 0 Å². The zero-order valence-electron chi connectivity index (χ0n) is 10.1. The number of rotatable bonds is 6. The predicted octanol–water partition coefficient (Wildman–Crippen LogP) is 3.71. The molecule has 0 bridgehead atoms. The highest BCUT2D eigenvalue weighted by Crippen LogP contribution is 2.25. The summed E-state index contributed by atoms with van der Waals surface area (Å²) in [4.78, 5) is 0. The van der Waals surface area contributed by atoms with Crippen LogP contribution in [0.3, 0.4) is 0 Å². The zero-order chi connectivity index (χ0) is 13.4. The second kappa shape index (κ2) is 8.53. The van der Waals surface area contributed by atoms with Crippen molar-refractivity contribution in [1.29, 1.82) is 0 Å². The molecule has 0 unspecified atom stereocenters. The van der Waals surface area contributed by atoms with Crippen molar-refractivity contribution in [1.82, 2.24) is 5.32 Å². The van der Waals surface area contributed by atoms with Gasteiger partial charge < -0.3 is 15.4 Å². The first kappa shape index (κ1) is 15.5. The predicted molar refractivity (Wildman–Crippen MR) is 81.8 cm³/mol. The van der Waals surface area contributed by atoms with Gasteiger partial charge in [0.2, 0.25) is 0 Å². The Morgan fingerprint density at radius 2 is 2.17 bits per heavy atom. The largest absolute Gasteiger partial charge is 0.382 e. The lowest BCUT2D eigenvalue weighted by atomic mass is 10.3. The van der Waals surface area contributed by atoms with E-state index in [0.29, 0.717) is 15.2 Å². The minimum atomic E-state index is 0.538. The van der Waals surface area contributed by atoms with Gasteiger partial charge in [-0.3, -0.25) is 0 Å². The summed E-state index contributed by atoms with van der Waals surface area (Å²) in [7, 11) is 0. The fraction of sp³-hybridized carbons (Fsp3) is 0.417. The van der Waals surface area contributed by atoms with Gasteiger partial charge in [0.05, 0.1) is 10.7 Å². The Morgan fingerprint density at radius 3 is 2.83 bits per heavy atom. The molecule has 0 aliphatic carbocycles. The van der Waals surface area contributed by atoms with Gasteiger partial charge in [0.15, 0.2) is 5.11 Å². The molecule has 0 saturated carbocycles. The van der Waals surface area contributed by atoms with E-state index in [1.54, 1.807) is 18.2 Å². The van der Waals surface area contributed by atoms with Crippen molar-refractivity contribution in [2.75, 3.05) is 25.1 Å². The summed E-state index contributed by atoms with van der Waals surface area (Å²) < 4.78 is 5.23. The molecule has 1 aromatic rings. The number of hydrogen-bond donors (Lipinski definition) is 2. The van der Waals surface area contributed by atoms with Crippen molar-refractivity contribution in [2.45, 2.75) is 13.3 Å². The van der Waals surface area contributed by atoms with Gasteiger partial charge in [-0.1, -0.05) is 23.2 Å². The van der Waals surface area contributed by atoms with E-state index in [1.165, 1.54) is 0 Å². The maximum atomic E-state index is 6.02. The standard InChI is InChI=1S/C12H16Cl2N2OS/c1-2-17-7-3-6-15-12(18)16-11-5-4-9(13)8-10(11)14/h4-5,8H,2-3,6-7H2,1H3,(H2,15,16,18). The number of halogens is 2. The molecule has 0 aliphatic heterocycles. The lowest BCUT2D eigenvalue weighted by Crippen LogP contribution is -2.29. The lowest BCUT2D eigenvalue weighted by Gasteiger charge is -2.11. The third-order valence-electron chi connectivity index (χ3n) is 2.13. The van der Waals surface area contributed by atoms with E-state index in [4.69, 9.17) is 40.2 Å². The number of hydrogen-bond acceptors (Lipinski definition) is 2. The molecule has 0 aromatic heterocycles. The Hall–Kier alpha value is -0.550. The highest BCUT2D eigenvalue weighted by molar-refractivity contribution is 7.80. The van der Waals surface area contributed by atoms with Crippen molar-refractivity contribution in [3.63, 3.8) is 0 Å². The first-order chi connectivity index (χ1) is 8.63. The Balaban J connectivity index is 2.31. The molecule has 6 heteroatoms. The molecule has 0 fully saturated rings. The van der Waals surface area contributed by atoms with Crippen LogP contribution in [0.5, 0.6) is 0 Å². The molecule has 100 valence electrons. The number of ether oxygens (including phenoxy) is 1. The van der Waals surface area contributed by atoms with Crippen LogP contribution in [0.15, 0.2) is 18.2 Å². The molecule has 0 radical (unpaired) electrons. The maximum Gasteiger partial charge on any atom is 0.170 e. The van der Waals surface area contributed by atoms with Crippen LogP contribution in [0.1, 0.15) is 13.3 Å². The molecule has 0 saturated heterocycles. The zero-order valence-corrected chi connectivity index (χ0v) is 12.5. The van der Waals surface area contributed by atoms with Crippen LogP contribution in [0.25, 0.3) is 0 Å². The highest BCUT2D eigenvalue weighted by Gasteiger charge is 2.02. The molecule has 0 heterocycles. The number of benzene rings is 1. The summed E-state index contributed by atoms with van der Waals surface area (Å²) in [6.45, 7) is 4.20. The summed E-state index contributed by atoms with van der Waals surface area (Å²) in [5, 5.41) is 7.78. The number of thiocarbonyl (C=S) groups is 1. The maximum absolute atomic E-state index is 6.02. The SMILES string of the molecule is CCOCCCNC(=S)Nc1ccc(Cl)cc1Cl. The van der Waals surface area contributed by atoms with Gasteiger partial charge in [0, 0.05) is 24.8 Å². The average Bonchev–Trinajstić information content (AvgIpc) is 2.32. The fourth-order valence-corrected chi connectivity index (χ4v) is 1.95. The smallest absolute Gasteiger partial charge is 0.170 e. The normalized spacial score (nSPS) is 10.2. The van der Waals surface area contributed by atoms with Gasteiger partial charge in [0.25, 0.3) is 0 Å². The van der Waals surface area contributed by atoms with Crippen molar-refractivity contribution in [2.24, 2.45) is 0 Å². The summed E-state index contributed by atoms with van der Waals surface area (Å²) in [5.74, 6) is 0. The molecule has 2 N–H and O–H groups in total. The summed E-state index contributed by atoms with van der Waals surface area (Å²) in [5.41, 5.74) is 0.739. The molecule has 0 aliphatic rings. The molecular weight excluding hydrogens is 291 g/mol. The Morgan fingerprint density at radius 1 is 1.39 bits per heavy atom. The minimum absolute atomic E-state index is 0.538. The second-order valence-electron chi connectivity index (χ2n) is 3.56. The van der Waals surface area contributed by atoms with Crippen LogP contribution in [0.2, 0.25) is 10.0 Å². The first-order valence-corrected chi connectivity index (χ1v) is 6.87. The van der Waals surface area contributed by atoms with E-state index in [1.807, 2.05) is 6.92 Å². The van der Waals surface area contributed by atoms with E-state index in [9.17, 15) is 0 Å². The van der Waals surface area contributed by atoms with Gasteiger partial charge in [-0.2, -0.15) is 0 Å². The van der Waals surface area contributed by atoms with Crippen molar-refractivity contribution < 1.29 is 4.74 Å². The third kappa shape index (κ3) is 5.87. The molecule has 1 rings (SSSR count). The highest BCUT2D eigenvalue weighted by atomic mass is 35.5. The molecule has 0 atom stereocenters. The van der Waals surface area contributed by atoms with Crippen molar-refractivity contribution in [3.05, 3.63) is 28.2 Å². The quantitative estimate of drug-likeness (QED) is 0.620. The Bertz CT molecular complexity index is 402. The van der Waals surface area contributed by atoms with E-state index in [2.05, 4.69) is 10.6 Å². The van der Waals surface area contributed by atoms with Gasteiger partial charge in [-0.05, 0) is 43.8 Å². The topological polar surface area (TPSA) is 33.3 Å². The molecule has 1 aromatic carbocycles. The van der Waals surface area contributed by atoms with Crippen LogP contribution in [-0.4, -0.2) is 24.9 Å². The molecule has 0 spiro atoms. The average molecular weight is 307 g/mol. The lowest BCUT2D eigenvalue weighted by molar-refractivity contribution is 0.146. The summed E-state index contributed by atoms with van der Waals surface area (Å²) in [6.07, 6.45) is 0.907. The number of anilines is 1. The van der Waals surface area contributed by atoms with Crippen molar-refractivity contribution in [3.8, 4) is 0 Å². The van der Waals surface area contributed by atoms with E-state index in [0.717, 1.165) is 31.9 Å². The molecule has 3 nitrogen and oxygen atoms in total. The van der Waals surface area contributed by atoms with Crippen LogP contribution in [0.4, 0.5) is 5.69 Å². The van der Waals surface area contributed by atoms with Crippen LogP contribution in [-0.2, 0) is 4.74 Å². The fourth-order valence-electron chi connectivity index (χ4n) is 1.28. The molecule has 0 amide bonds. The van der Waals surface area contributed by atoms with Gasteiger partial charge >= 0.3 is 0 Å². The molecule has 18 heavy (non-hydrogen) atoms. The first-order valence-electron chi connectivity index (χ1n) is 5.71. The molecular formula is C12H16Cl2N2OS. The van der Waals surface area contributed by atoms with Gasteiger partial charge in [0.1, 0.15) is 0 Å². The van der Waals surface area contributed by atoms with Crippen LogP contribution >= 0.6 is 35.4 Å². The van der Waals surface area contributed by atoms with Gasteiger partial charge in [-0.25, -0.2) is 0 Å². The third-order valence-corrected chi connectivity index (χ3v) is 2.93. The van der Waals surface area contributed by atoms with E-state index < -0.39 is 0 Å². The van der Waals surface area contributed by atoms with Crippen LogP contribution in [0, 0.1) is 0 Å². The Labute approximate surface area is 123 Å².